The maximum Gasteiger partial charge on any atom is 0.312 e. The Bertz CT molecular complexity index is 360. The first kappa shape index (κ1) is 12.2. The van der Waals surface area contributed by atoms with Gasteiger partial charge >= 0.3 is 5.97 Å². The van der Waals surface area contributed by atoms with E-state index in [9.17, 15) is 4.79 Å². The molecule has 0 N–H and O–H groups in total. The van der Waals surface area contributed by atoms with Crippen LogP contribution in [-0.2, 0) is 14.4 Å². The molecule has 4 heteroatoms. The molecule has 0 aliphatic rings. The number of ether oxygens (including phenoxy) is 1. The van der Waals surface area contributed by atoms with Crippen molar-refractivity contribution < 1.29 is 14.4 Å². The Morgan fingerprint density at radius 3 is 2.56 bits per heavy atom. The van der Waals surface area contributed by atoms with E-state index in [1.807, 2.05) is 30.3 Å². The number of carbonyl (C=O) groups is 1. The average Bonchev–Trinajstić information content (AvgIpc) is 2.30. The molecule has 0 amide bonds. The minimum atomic E-state index is -0.304. The van der Waals surface area contributed by atoms with Gasteiger partial charge < -0.3 is 9.57 Å². The standard InChI is InChI=1S/C12H15NO3/c1-3-16-12(14)9-11(13-15-2)10-7-5-4-6-8-10/h4-8H,3,9H2,1-2H3. The third kappa shape index (κ3) is 3.73. The normalized spacial score (nSPS) is 11.0. The fourth-order valence-corrected chi connectivity index (χ4v) is 1.28. The van der Waals surface area contributed by atoms with Gasteiger partial charge in [0, 0.05) is 0 Å². The van der Waals surface area contributed by atoms with Crippen LogP contribution in [0.15, 0.2) is 35.5 Å². The van der Waals surface area contributed by atoms with Crippen molar-refractivity contribution in [1.29, 1.82) is 0 Å². The highest BCUT2D eigenvalue weighted by atomic mass is 16.6. The molecular weight excluding hydrogens is 206 g/mol. The number of carbonyl (C=O) groups excluding carboxylic acids is 1. The summed E-state index contributed by atoms with van der Waals surface area (Å²) >= 11 is 0. The number of rotatable bonds is 5. The lowest BCUT2D eigenvalue weighted by molar-refractivity contribution is -0.141. The van der Waals surface area contributed by atoms with E-state index in [1.54, 1.807) is 6.92 Å². The summed E-state index contributed by atoms with van der Waals surface area (Å²) in [5, 5.41) is 3.83. The topological polar surface area (TPSA) is 47.9 Å². The number of hydrogen-bond acceptors (Lipinski definition) is 4. The van der Waals surface area contributed by atoms with Crippen molar-refractivity contribution in [3.63, 3.8) is 0 Å². The molecule has 4 nitrogen and oxygen atoms in total. The second-order valence-corrected chi connectivity index (χ2v) is 3.07. The molecule has 0 atom stereocenters. The Morgan fingerprint density at radius 1 is 1.31 bits per heavy atom. The van der Waals surface area contributed by atoms with Crippen molar-refractivity contribution in [2.45, 2.75) is 13.3 Å². The molecule has 0 aromatic heterocycles. The van der Waals surface area contributed by atoms with E-state index < -0.39 is 0 Å². The number of hydrogen-bond donors (Lipinski definition) is 0. The lowest BCUT2D eigenvalue weighted by Crippen LogP contribution is -2.12. The van der Waals surface area contributed by atoms with Gasteiger partial charge in [0.25, 0.3) is 0 Å². The third-order valence-corrected chi connectivity index (χ3v) is 1.93. The average molecular weight is 221 g/mol. The summed E-state index contributed by atoms with van der Waals surface area (Å²) in [6.45, 7) is 2.14. The first-order chi connectivity index (χ1) is 7.77. The number of esters is 1. The van der Waals surface area contributed by atoms with Crippen LogP contribution in [0.25, 0.3) is 0 Å². The van der Waals surface area contributed by atoms with Crippen LogP contribution in [0.3, 0.4) is 0 Å². The lowest BCUT2D eigenvalue weighted by Gasteiger charge is -2.05. The summed E-state index contributed by atoms with van der Waals surface area (Å²) in [5.74, 6) is -0.304. The maximum absolute atomic E-state index is 11.3. The van der Waals surface area contributed by atoms with Crippen LogP contribution in [0, 0.1) is 0 Å². The van der Waals surface area contributed by atoms with E-state index in [4.69, 9.17) is 9.57 Å². The van der Waals surface area contributed by atoms with Gasteiger partial charge in [-0.1, -0.05) is 35.5 Å². The predicted molar refractivity (Wildman–Crippen MR) is 61.2 cm³/mol. The van der Waals surface area contributed by atoms with Crippen LogP contribution >= 0.6 is 0 Å². The van der Waals surface area contributed by atoms with Crippen LogP contribution in [0.5, 0.6) is 0 Å². The molecular formula is C12H15NO3. The first-order valence-corrected chi connectivity index (χ1v) is 5.09. The molecule has 0 aliphatic carbocycles. The van der Waals surface area contributed by atoms with Crippen molar-refractivity contribution in [2.24, 2.45) is 5.16 Å². The molecule has 1 aromatic carbocycles. The molecule has 0 unspecified atom stereocenters. The zero-order chi connectivity index (χ0) is 11.8. The molecule has 0 saturated heterocycles. The summed E-state index contributed by atoms with van der Waals surface area (Å²) in [6.07, 6.45) is 0.117. The van der Waals surface area contributed by atoms with Gasteiger partial charge in [-0.3, -0.25) is 4.79 Å². The van der Waals surface area contributed by atoms with E-state index in [1.165, 1.54) is 7.11 Å². The molecule has 0 spiro atoms. The van der Waals surface area contributed by atoms with Gasteiger partial charge in [-0.2, -0.15) is 0 Å². The Kier molecular flexibility index (Phi) is 5.05. The molecule has 86 valence electrons. The van der Waals surface area contributed by atoms with Crippen molar-refractivity contribution in [1.82, 2.24) is 0 Å². The quantitative estimate of drug-likeness (QED) is 0.434. The van der Waals surface area contributed by atoms with Crippen LogP contribution in [0.2, 0.25) is 0 Å². The van der Waals surface area contributed by atoms with Gasteiger partial charge in [-0.25, -0.2) is 0 Å². The van der Waals surface area contributed by atoms with Gasteiger partial charge in [-0.05, 0) is 12.5 Å². The largest absolute Gasteiger partial charge is 0.466 e. The second kappa shape index (κ2) is 6.61. The molecule has 1 aromatic rings. The van der Waals surface area contributed by atoms with E-state index in [2.05, 4.69) is 5.16 Å². The summed E-state index contributed by atoms with van der Waals surface area (Å²) in [6, 6.07) is 9.41. The smallest absolute Gasteiger partial charge is 0.312 e. The molecule has 0 bridgehead atoms. The minimum absolute atomic E-state index is 0.117. The molecule has 0 aliphatic heterocycles. The fourth-order valence-electron chi connectivity index (χ4n) is 1.28. The minimum Gasteiger partial charge on any atom is -0.466 e. The van der Waals surface area contributed by atoms with Crippen molar-refractivity contribution >= 4 is 11.7 Å². The van der Waals surface area contributed by atoms with Crippen molar-refractivity contribution in [3.05, 3.63) is 35.9 Å². The van der Waals surface area contributed by atoms with Crippen LogP contribution < -0.4 is 0 Å². The van der Waals surface area contributed by atoms with Gasteiger partial charge in [-0.15, -0.1) is 0 Å². The number of nitrogens with zero attached hydrogens (tertiary/aromatic N) is 1. The molecule has 0 saturated carbocycles. The highest BCUT2D eigenvalue weighted by Crippen LogP contribution is 2.06. The third-order valence-electron chi connectivity index (χ3n) is 1.93. The van der Waals surface area contributed by atoms with Gasteiger partial charge in [0.1, 0.15) is 7.11 Å². The maximum atomic E-state index is 11.3. The highest BCUT2D eigenvalue weighted by Gasteiger charge is 2.11. The van der Waals surface area contributed by atoms with Crippen LogP contribution in [-0.4, -0.2) is 25.4 Å². The van der Waals surface area contributed by atoms with E-state index >= 15 is 0 Å². The summed E-state index contributed by atoms with van der Waals surface area (Å²) in [5.41, 5.74) is 1.43. The summed E-state index contributed by atoms with van der Waals surface area (Å²) < 4.78 is 4.86. The first-order valence-electron chi connectivity index (χ1n) is 5.09. The monoisotopic (exact) mass is 221 g/mol. The Labute approximate surface area is 94.9 Å². The Balaban J connectivity index is 2.77. The number of oxime groups is 1. The van der Waals surface area contributed by atoms with Gasteiger partial charge in [0.05, 0.1) is 18.7 Å². The second-order valence-electron chi connectivity index (χ2n) is 3.07. The Morgan fingerprint density at radius 2 is 2.00 bits per heavy atom. The zero-order valence-corrected chi connectivity index (χ0v) is 9.47. The summed E-state index contributed by atoms with van der Waals surface area (Å²) in [4.78, 5) is 16.1. The van der Waals surface area contributed by atoms with Crippen LogP contribution in [0.4, 0.5) is 0 Å². The van der Waals surface area contributed by atoms with E-state index in [-0.39, 0.29) is 12.4 Å². The van der Waals surface area contributed by atoms with E-state index in [0.717, 1.165) is 5.56 Å². The van der Waals surface area contributed by atoms with Crippen LogP contribution in [0.1, 0.15) is 18.9 Å². The van der Waals surface area contributed by atoms with Crippen molar-refractivity contribution in [3.8, 4) is 0 Å². The molecule has 0 radical (unpaired) electrons. The molecule has 0 fully saturated rings. The highest BCUT2D eigenvalue weighted by molar-refractivity contribution is 6.09. The molecule has 0 heterocycles. The van der Waals surface area contributed by atoms with E-state index in [0.29, 0.717) is 12.3 Å². The zero-order valence-electron chi connectivity index (χ0n) is 9.47. The SMILES string of the molecule is CCOC(=O)CC(=NOC)c1ccccc1. The fraction of sp³-hybridized carbons (Fsp3) is 0.333. The van der Waals surface area contributed by atoms with Crippen molar-refractivity contribution in [2.75, 3.05) is 13.7 Å². The van der Waals surface area contributed by atoms with Gasteiger partial charge in [0.15, 0.2) is 0 Å². The Hall–Kier alpha value is -1.84. The molecule has 1 rings (SSSR count). The predicted octanol–water partition coefficient (Wildman–Crippen LogP) is 1.99. The number of benzene rings is 1. The summed E-state index contributed by atoms with van der Waals surface area (Å²) in [7, 11) is 1.45. The molecule has 16 heavy (non-hydrogen) atoms. The van der Waals surface area contributed by atoms with Gasteiger partial charge in [0.2, 0.25) is 0 Å². The lowest BCUT2D eigenvalue weighted by atomic mass is 10.1.